The van der Waals surface area contributed by atoms with Gasteiger partial charge in [-0.1, -0.05) is 30.3 Å². The number of primary amides is 2. The van der Waals surface area contributed by atoms with E-state index in [1.54, 1.807) is 69.5 Å². The van der Waals surface area contributed by atoms with E-state index in [0.717, 1.165) is 101 Å². The van der Waals surface area contributed by atoms with Crippen LogP contribution in [-0.2, 0) is 41.5 Å². The standard InChI is InChI=1S/C30H44FN3O4.C30H42FN3O4/c2*1-18(2)33-12-10-19(11-13-33)20-6-7-21(25(31)16-20)14-23(28(32)36)17-26(35)27-22-8-9-24(15-22)34(27)29(37)38-30(3,4)5/h6-7,16,18-19,22-24,27H,8-15,17H2,1-5H3,(H2,32,36);6-7,10,16,18,22-24,27H,8-9,11-15,17H2,1-5H3,(H2,32,36)/t2*22-,23+,24+,27-/m00/s1. The SMILES string of the molecule is CC(C)N1CC=C(c2ccc(C[C@H](CC(=O)[C@@H]3[C@H]4CC[C@H](C4)N3C(=O)OC(C)(C)C)C(N)=O)c(F)c2)CC1.CC(C)N1CCC(c2ccc(C[C@H](CC(=O)[C@@H]3[C@H]4CC[C@H](C4)N3C(=O)OC(C)(C)C)C(N)=O)c(F)c2)CC1. The second kappa shape index (κ2) is 24.2. The van der Waals surface area contributed by atoms with Crippen LogP contribution in [0.3, 0.4) is 0 Å². The molecule has 6 aliphatic rings. The summed E-state index contributed by atoms with van der Waals surface area (Å²) in [5, 5.41) is 0. The predicted octanol–water partition coefficient (Wildman–Crippen LogP) is 9.52. The number of likely N-dealkylation sites (tertiary alicyclic amines) is 3. The van der Waals surface area contributed by atoms with Gasteiger partial charge in [-0.15, -0.1) is 0 Å². The Morgan fingerprint density at radius 1 is 0.618 bits per heavy atom. The molecular formula is C60H86F2N6O8. The zero-order valence-electron chi connectivity index (χ0n) is 46.9. The summed E-state index contributed by atoms with van der Waals surface area (Å²) in [7, 11) is 0. The normalized spacial score (nSPS) is 24.8. The van der Waals surface area contributed by atoms with E-state index in [-0.39, 0.29) is 67.0 Å². The first-order valence-corrected chi connectivity index (χ1v) is 28.1. The summed E-state index contributed by atoms with van der Waals surface area (Å²) in [5.41, 5.74) is 13.7. The third-order valence-corrected chi connectivity index (χ3v) is 16.9. The lowest BCUT2D eigenvalue weighted by molar-refractivity contribution is -0.131. The minimum Gasteiger partial charge on any atom is -0.444 e. The van der Waals surface area contributed by atoms with Gasteiger partial charge in [-0.3, -0.25) is 33.9 Å². The molecule has 8 rings (SSSR count). The lowest BCUT2D eigenvalue weighted by Gasteiger charge is -2.36. The summed E-state index contributed by atoms with van der Waals surface area (Å²) < 4.78 is 41.6. The second-order valence-electron chi connectivity index (χ2n) is 25.2. The highest BCUT2D eigenvalue weighted by molar-refractivity contribution is 5.93. The van der Waals surface area contributed by atoms with E-state index < -0.39 is 64.9 Å². The average molecular weight is 1060 g/mol. The number of rotatable bonds is 16. The Bertz CT molecular complexity index is 2490. The van der Waals surface area contributed by atoms with Crippen LogP contribution in [0.5, 0.6) is 0 Å². The maximum Gasteiger partial charge on any atom is 0.411 e. The van der Waals surface area contributed by atoms with Gasteiger partial charge in [0.15, 0.2) is 11.6 Å². The number of carbonyl (C=O) groups is 6. The van der Waals surface area contributed by atoms with Crippen LogP contribution in [0.2, 0.25) is 0 Å². The van der Waals surface area contributed by atoms with E-state index in [1.165, 1.54) is 6.07 Å². The Labute approximate surface area is 450 Å². The molecule has 0 radical (unpaired) electrons. The molecule has 2 aromatic rings. The molecule has 16 heteroatoms. The molecule has 3 saturated heterocycles. The van der Waals surface area contributed by atoms with Gasteiger partial charge < -0.3 is 25.8 Å². The molecule has 2 aromatic carbocycles. The van der Waals surface area contributed by atoms with Crippen molar-refractivity contribution < 1.29 is 47.0 Å². The van der Waals surface area contributed by atoms with Crippen molar-refractivity contribution in [3.8, 4) is 0 Å². The smallest absolute Gasteiger partial charge is 0.411 e. The number of ketones is 2. The molecule has 8 atom stereocenters. The molecule has 4 aliphatic heterocycles. The van der Waals surface area contributed by atoms with Crippen LogP contribution in [0.1, 0.15) is 168 Å². The van der Waals surface area contributed by atoms with Crippen molar-refractivity contribution in [2.75, 3.05) is 26.2 Å². The maximum atomic E-state index is 15.2. The van der Waals surface area contributed by atoms with Crippen LogP contribution >= 0.6 is 0 Å². The first kappa shape index (κ1) is 58.5. The molecule has 5 fully saturated rings. The number of nitrogens with zero attached hydrogens (tertiary/aromatic N) is 4. The second-order valence-corrected chi connectivity index (χ2v) is 25.2. The van der Waals surface area contributed by atoms with Crippen molar-refractivity contribution in [3.63, 3.8) is 0 Å². The number of hydrogen-bond acceptors (Lipinski definition) is 10. The highest BCUT2D eigenvalue weighted by Gasteiger charge is 2.54. The fourth-order valence-corrected chi connectivity index (χ4v) is 12.8. The van der Waals surface area contributed by atoms with Gasteiger partial charge in [-0.2, -0.15) is 0 Å². The third kappa shape index (κ3) is 14.3. The molecule has 0 spiro atoms. The number of amides is 4. The van der Waals surface area contributed by atoms with E-state index in [1.807, 2.05) is 12.1 Å². The van der Waals surface area contributed by atoms with Crippen molar-refractivity contribution in [1.29, 1.82) is 0 Å². The summed E-state index contributed by atoms with van der Waals surface area (Å²) in [6, 6.07) is 10.1. The molecule has 4 N–H and O–H groups in total. The summed E-state index contributed by atoms with van der Waals surface area (Å²) in [4.78, 5) is 85.5. The average Bonchev–Trinajstić information content (AvgIpc) is 4.17. The number of fused-ring (bicyclic) bond motifs is 4. The van der Waals surface area contributed by atoms with E-state index in [0.29, 0.717) is 29.1 Å². The van der Waals surface area contributed by atoms with Crippen LogP contribution < -0.4 is 11.5 Å². The van der Waals surface area contributed by atoms with E-state index >= 15 is 8.78 Å². The van der Waals surface area contributed by atoms with E-state index in [4.69, 9.17) is 20.9 Å². The number of halogens is 2. The van der Waals surface area contributed by atoms with Gasteiger partial charge in [0.25, 0.3) is 0 Å². The number of hydrogen-bond donors (Lipinski definition) is 2. The molecule has 2 saturated carbocycles. The van der Waals surface area contributed by atoms with E-state index in [9.17, 15) is 28.8 Å². The first-order chi connectivity index (χ1) is 35.7. The quantitative estimate of drug-likeness (QED) is 0.164. The van der Waals surface area contributed by atoms with Crippen molar-refractivity contribution in [2.45, 2.75) is 206 Å². The summed E-state index contributed by atoms with van der Waals surface area (Å²) in [6.45, 7) is 23.3. The van der Waals surface area contributed by atoms with Crippen LogP contribution in [-0.4, -0.2) is 129 Å². The monoisotopic (exact) mass is 1060 g/mol. The molecule has 2 aliphatic carbocycles. The predicted molar refractivity (Wildman–Crippen MR) is 289 cm³/mol. The fourth-order valence-electron chi connectivity index (χ4n) is 12.8. The third-order valence-electron chi connectivity index (χ3n) is 16.9. The summed E-state index contributed by atoms with van der Waals surface area (Å²) >= 11 is 0. The van der Waals surface area contributed by atoms with Crippen LogP contribution in [0.15, 0.2) is 42.5 Å². The summed E-state index contributed by atoms with van der Waals surface area (Å²) in [6.07, 6.45) is 8.83. The largest absolute Gasteiger partial charge is 0.444 e. The number of piperidine rings is 3. The molecule has 4 amide bonds. The number of benzene rings is 2. The Kier molecular flexibility index (Phi) is 18.6. The van der Waals surface area contributed by atoms with Gasteiger partial charge in [0.2, 0.25) is 11.8 Å². The highest BCUT2D eigenvalue weighted by atomic mass is 19.1. The Morgan fingerprint density at radius 3 is 1.47 bits per heavy atom. The van der Waals surface area contributed by atoms with Gasteiger partial charge in [0.1, 0.15) is 22.8 Å². The topological polar surface area (TPSA) is 186 Å². The number of Topliss-reactive ketones (excluding diaryl/α,β-unsaturated/α-hetero) is 2. The Morgan fingerprint density at radius 2 is 1.08 bits per heavy atom. The van der Waals surface area contributed by atoms with Gasteiger partial charge in [-0.25, -0.2) is 18.4 Å². The number of carbonyl (C=O) groups excluding carboxylic acids is 6. The Balaban J connectivity index is 0.000000221. The molecule has 14 nitrogen and oxygen atoms in total. The van der Waals surface area contributed by atoms with Crippen molar-refractivity contribution >= 4 is 41.1 Å². The first-order valence-electron chi connectivity index (χ1n) is 28.1. The summed E-state index contributed by atoms with van der Waals surface area (Å²) in [5.74, 6) is -3.68. The van der Waals surface area contributed by atoms with Crippen LogP contribution in [0.25, 0.3) is 5.57 Å². The van der Waals surface area contributed by atoms with Crippen molar-refractivity contribution in [3.05, 3.63) is 76.4 Å². The molecular weight excluding hydrogens is 971 g/mol. The zero-order valence-corrected chi connectivity index (χ0v) is 46.9. The van der Waals surface area contributed by atoms with Crippen LogP contribution in [0.4, 0.5) is 18.4 Å². The van der Waals surface area contributed by atoms with Gasteiger partial charge in [0.05, 0.1) is 12.1 Å². The fraction of sp³-hybridized carbons (Fsp3) is 0.667. The van der Waals surface area contributed by atoms with Gasteiger partial charge in [-0.05, 0) is 211 Å². The lowest BCUT2D eigenvalue weighted by Crippen LogP contribution is -2.51. The molecule has 418 valence electrons. The molecule has 0 unspecified atom stereocenters. The maximum absolute atomic E-state index is 15.2. The number of ether oxygens (including phenoxy) is 2. The van der Waals surface area contributed by atoms with Gasteiger partial charge in [0, 0.05) is 61.9 Å². The number of nitrogens with two attached hydrogens (primary N) is 2. The zero-order chi connectivity index (χ0) is 55.6. The molecule has 4 bridgehead atoms. The van der Waals surface area contributed by atoms with Crippen molar-refractivity contribution in [2.24, 2.45) is 35.1 Å². The van der Waals surface area contributed by atoms with Crippen molar-refractivity contribution in [1.82, 2.24) is 19.6 Å². The lowest BCUT2D eigenvalue weighted by atomic mass is 9.85. The molecule has 76 heavy (non-hydrogen) atoms. The van der Waals surface area contributed by atoms with Gasteiger partial charge >= 0.3 is 12.2 Å². The molecule has 4 heterocycles. The van der Waals surface area contributed by atoms with Crippen LogP contribution in [0, 0.1) is 35.3 Å². The minimum absolute atomic E-state index is 0.0202. The van der Waals surface area contributed by atoms with E-state index in [2.05, 4.69) is 43.6 Å². The Hall–Kier alpha value is -5.22. The molecule has 0 aromatic heterocycles. The minimum atomic E-state index is -0.851. The highest BCUT2D eigenvalue weighted by Crippen LogP contribution is 2.46.